The third kappa shape index (κ3) is 11.0. The van der Waals surface area contributed by atoms with Crippen molar-refractivity contribution in [2.45, 2.75) is 13.8 Å². The van der Waals surface area contributed by atoms with Gasteiger partial charge in [0.1, 0.15) is 0 Å². The Balaban J connectivity index is 0.000000523. The van der Waals surface area contributed by atoms with Gasteiger partial charge in [0, 0.05) is 12.4 Å². The molecule has 0 aliphatic rings. The molecule has 2 N–H and O–H groups in total. The second-order valence-corrected chi connectivity index (χ2v) is 5.75. The summed E-state index contributed by atoms with van der Waals surface area (Å²) in [6.07, 6.45) is 3.41. The maximum absolute atomic E-state index is 4.76. The van der Waals surface area contributed by atoms with Crippen LogP contribution >= 0.6 is 24.4 Å². The molecule has 2 heterocycles. The van der Waals surface area contributed by atoms with Gasteiger partial charge in [-0.3, -0.25) is 20.8 Å². The SMILES string of the molecule is C=NC(=S)N/N=C(\C)c1ccccn1.C=NC(=S)N/N=C(\C)c1ccccn1.[Mn+2]. The minimum absolute atomic E-state index is 0. The van der Waals surface area contributed by atoms with E-state index in [2.05, 4.69) is 54.4 Å². The Hall–Kier alpha value is -2.72. The molecule has 0 amide bonds. The van der Waals surface area contributed by atoms with E-state index in [0.717, 1.165) is 22.8 Å². The Labute approximate surface area is 191 Å². The third-order valence-electron chi connectivity index (χ3n) is 3.00. The smallest absolute Gasteiger partial charge is 0.255 e. The summed E-state index contributed by atoms with van der Waals surface area (Å²) >= 11 is 9.51. The van der Waals surface area contributed by atoms with Crippen LogP contribution in [-0.2, 0) is 17.1 Å². The minimum atomic E-state index is 0. The monoisotopic (exact) mass is 467 g/mol. The van der Waals surface area contributed by atoms with Crippen molar-refractivity contribution in [2.75, 3.05) is 0 Å². The van der Waals surface area contributed by atoms with Crippen molar-refractivity contribution in [1.29, 1.82) is 0 Å². The standard InChI is InChI=1S/2C9H10N4S.Mn/c2*1-7(12-13-9(14)10-2)8-5-3-4-6-11-8;/h2*3-6H,2H2,1H3,(H,13,14);/q;;+2/b2*12-7+;. The Kier molecular flexibility index (Phi) is 13.8. The number of thiocarbonyl (C=S) groups is 2. The van der Waals surface area contributed by atoms with Crippen molar-refractivity contribution in [3.63, 3.8) is 0 Å². The number of rotatable bonds is 4. The molecule has 29 heavy (non-hydrogen) atoms. The van der Waals surface area contributed by atoms with E-state index in [1.807, 2.05) is 50.2 Å². The summed E-state index contributed by atoms with van der Waals surface area (Å²) in [5.74, 6) is 0. The molecular formula is C18H20MnN8S2+2. The van der Waals surface area contributed by atoms with E-state index in [1.165, 1.54) is 0 Å². The van der Waals surface area contributed by atoms with E-state index in [-0.39, 0.29) is 27.3 Å². The molecule has 149 valence electrons. The molecule has 0 aromatic carbocycles. The Morgan fingerprint density at radius 2 is 1.17 bits per heavy atom. The minimum Gasteiger partial charge on any atom is -0.255 e. The molecule has 0 spiro atoms. The van der Waals surface area contributed by atoms with Crippen LogP contribution in [0.4, 0.5) is 0 Å². The Morgan fingerprint density at radius 1 is 0.793 bits per heavy atom. The normalized spacial score (nSPS) is 10.4. The number of pyridine rings is 2. The van der Waals surface area contributed by atoms with E-state index in [1.54, 1.807) is 12.4 Å². The summed E-state index contributed by atoms with van der Waals surface area (Å²) in [6.45, 7) is 10.2. The fourth-order valence-corrected chi connectivity index (χ4v) is 1.69. The molecule has 0 unspecified atom stereocenters. The van der Waals surface area contributed by atoms with Gasteiger partial charge in [0.25, 0.3) is 0 Å². The van der Waals surface area contributed by atoms with Gasteiger partial charge in [0.05, 0.1) is 22.8 Å². The van der Waals surface area contributed by atoms with E-state index < -0.39 is 0 Å². The molecule has 0 aliphatic heterocycles. The first-order valence-corrected chi connectivity index (χ1v) is 8.74. The zero-order chi connectivity index (χ0) is 20.8. The van der Waals surface area contributed by atoms with Crippen LogP contribution in [0.15, 0.2) is 69.0 Å². The fourth-order valence-electron chi connectivity index (χ4n) is 1.60. The van der Waals surface area contributed by atoms with Crippen molar-refractivity contribution in [3.8, 4) is 0 Å². The maximum atomic E-state index is 4.76. The van der Waals surface area contributed by atoms with Gasteiger partial charge in [-0.2, -0.15) is 10.2 Å². The van der Waals surface area contributed by atoms with Gasteiger partial charge >= 0.3 is 17.1 Å². The number of hydrazone groups is 2. The van der Waals surface area contributed by atoms with Gasteiger partial charge in [0.2, 0.25) is 10.2 Å². The van der Waals surface area contributed by atoms with Crippen molar-refractivity contribution >= 4 is 59.5 Å². The fraction of sp³-hybridized carbons (Fsp3) is 0.111. The second kappa shape index (κ2) is 15.2. The molecule has 2 rings (SSSR count). The predicted molar refractivity (Wildman–Crippen MR) is 123 cm³/mol. The average molecular weight is 467 g/mol. The molecule has 0 aliphatic carbocycles. The summed E-state index contributed by atoms with van der Waals surface area (Å²) in [5, 5.41) is 8.49. The van der Waals surface area contributed by atoms with Crippen molar-refractivity contribution < 1.29 is 17.1 Å². The molecule has 0 saturated heterocycles. The topological polar surface area (TPSA) is 99.3 Å². The molecule has 8 nitrogen and oxygen atoms in total. The number of aliphatic imine (C=N–C) groups is 2. The first-order valence-electron chi connectivity index (χ1n) is 7.92. The molecule has 0 bridgehead atoms. The third-order valence-corrected chi connectivity index (χ3v) is 3.44. The van der Waals surface area contributed by atoms with Crippen LogP contribution in [-0.4, -0.2) is 45.1 Å². The molecular weight excluding hydrogens is 447 g/mol. The second-order valence-electron chi connectivity index (χ2n) is 4.97. The quantitative estimate of drug-likeness (QED) is 0.311. The molecule has 2 aromatic heterocycles. The van der Waals surface area contributed by atoms with Gasteiger partial charge in [-0.15, -0.1) is 0 Å². The largest absolute Gasteiger partial charge is 2.00 e. The number of nitrogens with zero attached hydrogens (tertiary/aromatic N) is 6. The first-order chi connectivity index (χ1) is 13.5. The molecule has 2 aromatic rings. The molecule has 11 heteroatoms. The van der Waals surface area contributed by atoms with Crippen LogP contribution in [0.2, 0.25) is 0 Å². The average Bonchev–Trinajstić information content (AvgIpc) is 2.76. The number of nitrogens with one attached hydrogen (secondary N) is 2. The summed E-state index contributed by atoms with van der Waals surface area (Å²) in [4.78, 5) is 15.2. The van der Waals surface area contributed by atoms with Crippen LogP contribution in [0.5, 0.6) is 0 Å². The summed E-state index contributed by atoms with van der Waals surface area (Å²) in [7, 11) is 0. The summed E-state index contributed by atoms with van der Waals surface area (Å²) in [5.41, 5.74) is 8.25. The summed E-state index contributed by atoms with van der Waals surface area (Å²) < 4.78 is 0. The van der Waals surface area contributed by atoms with Crippen molar-refractivity contribution in [2.24, 2.45) is 20.2 Å². The van der Waals surface area contributed by atoms with Crippen LogP contribution in [0, 0.1) is 0 Å². The maximum Gasteiger partial charge on any atom is 2.00 e. The van der Waals surface area contributed by atoms with Gasteiger partial charge in [-0.05, 0) is 76.0 Å². The van der Waals surface area contributed by atoms with E-state index in [9.17, 15) is 0 Å². The first kappa shape index (κ1) is 26.3. The zero-order valence-electron chi connectivity index (χ0n) is 15.9. The molecule has 0 atom stereocenters. The van der Waals surface area contributed by atoms with Crippen LogP contribution in [0.3, 0.4) is 0 Å². The van der Waals surface area contributed by atoms with Gasteiger partial charge in [-0.25, -0.2) is 9.98 Å². The van der Waals surface area contributed by atoms with E-state index >= 15 is 0 Å². The predicted octanol–water partition coefficient (Wildman–Crippen LogP) is 2.76. The zero-order valence-corrected chi connectivity index (χ0v) is 18.7. The number of hydrogen-bond donors (Lipinski definition) is 2. The van der Waals surface area contributed by atoms with Crippen LogP contribution in [0.25, 0.3) is 0 Å². The molecule has 0 saturated carbocycles. The van der Waals surface area contributed by atoms with Gasteiger partial charge in [-0.1, -0.05) is 12.1 Å². The van der Waals surface area contributed by atoms with Crippen LogP contribution in [0.1, 0.15) is 25.2 Å². The number of hydrogen-bond acceptors (Lipinski definition) is 6. The van der Waals surface area contributed by atoms with E-state index in [0.29, 0.717) is 0 Å². The van der Waals surface area contributed by atoms with E-state index in [4.69, 9.17) is 24.4 Å². The summed E-state index contributed by atoms with van der Waals surface area (Å²) in [6, 6.07) is 11.2. The number of aromatic nitrogens is 2. The van der Waals surface area contributed by atoms with Crippen molar-refractivity contribution in [3.05, 3.63) is 60.2 Å². The molecule has 1 radical (unpaired) electrons. The van der Waals surface area contributed by atoms with Gasteiger partial charge < -0.3 is 0 Å². The molecule has 0 fully saturated rings. The van der Waals surface area contributed by atoms with Crippen molar-refractivity contribution in [1.82, 2.24) is 20.8 Å². The Morgan fingerprint density at radius 3 is 1.45 bits per heavy atom. The van der Waals surface area contributed by atoms with Gasteiger partial charge in [0.15, 0.2) is 0 Å². The Bertz CT molecular complexity index is 796. The van der Waals surface area contributed by atoms with Crippen LogP contribution < -0.4 is 10.9 Å².